The van der Waals surface area contributed by atoms with Crippen molar-refractivity contribution in [2.45, 2.75) is 77.9 Å². The molecule has 1 aliphatic heterocycles. The predicted octanol–water partition coefficient (Wildman–Crippen LogP) is 3.17. The molecule has 0 radical (unpaired) electrons. The summed E-state index contributed by atoms with van der Waals surface area (Å²) in [5.74, 6) is 0.511. The van der Waals surface area contributed by atoms with Crippen LogP contribution in [0.2, 0.25) is 0 Å². The fourth-order valence-electron chi connectivity index (χ4n) is 6.53. The highest BCUT2D eigenvalue weighted by Gasteiger charge is 2.64. The van der Waals surface area contributed by atoms with Gasteiger partial charge in [-0.25, -0.2) is 4.79 Å². The number of rotatable bonds is 0. The highest BCUT2D eigenvalue weighted by molar-refractivity contribution is 5.91. The van der Waals surface area contributed by atoms with Gasteiger partial charge in [0.2, 0.25) is 0 Å². The molecule has 0 aromatic rings. The van der Waals surface area contributed by atoms with Crippen molar-refractivity contribution in [3.05, 3.63) is 11.1 Å². The molecule has 4 heteroatoms. The number of Topliss-reactive ketones (excluding diaryl/α,β-unsaturated/α-hetero) is 1. The van der Waals surface area contributed by atoms with Crippen molar-refractivity contribution in [3.8, 4) is 0 Å². The summed E-state index contributed by atoms with van der Waals surface area (Å²) in [7, 11) is 0. The highest BCUT2D eigenvalue weighted by Crippen LogP contribution is 2.65. The predicted molar refractivity (Wildman–Crippen MR) is 89.1 cm³/mol. The number of esters is 1. The Balaban J connectivity index is 1.74. The SMILES string of the molecule is CC1=C2C[C@]3(O)CC[C@@H]4C(C)(C)C(=O)CC[C@@]4(C)[C@@H]3C[C@H]2OC1=O. The topological polar surface area (TPSA) is 63.6 Å². The molecular weight excluding hydrogens is 304 g/mol. The van der Waals surface area contributed by atoms with E-state index in [0.717, 1.165) is 18.4 Å². The molecule has 0 bridgehead atoms. The van der Waals surface area contributed by atoms with Crippen LogP contribution in [0.5, 0.6) is 0 Å². The first-order chi connectivity index (χ1) is 11.1. The number of carbonyl (C=O) groups excluding carboxylic acids is 2. The molecule has 0 saturated heterocycles. The molecule has 0 amide bonds. The zero-order chi connectivity index (χ0) is 17.5. The number of hydrogen-bond donors (Lipinski definition) is 1. The van der Waals surface area contributed by atoms with Crippen molar-refractivity contribution in [1.82, 2.24) is 0 Å². The van der Waals surface area contributed by atoms with Gasteiger partial charge in [-0.1, -0.05) is 20.8 Å². The Labute approximate surface area is 143 Å². The van der Waals surface area contributed by atoms with E-state index in [4.69, 9.17) is 4.74 Å². The Kier molecular flexibility index (Phi) is 3.21. The van der Waals surface area contributed by atoms with E-state index in [0.29, 0.717) is 43.0 Å². The van der Waals surface area contributed by atoms with Crippen LogP contribution in [0.25, 0.3) is 0 Å². The van der Waals surface area contributed by atoms with Gasteiger partial charge in [0.05, 0.1) is 5.60 Å². The van der Waals surface area contributed by atoms with Crippen LogP contribution in [0.15, 0.2) is 11.1 Å². The van der Waals surface area contributed by atoms with E-state index in [9.17, 15) is 14.7 Å². The van der Waals surface area contributed by atoms with E-state index in [1.165, 1.54) is 0 Å². The quantitative estimate of drug-likeness (QED) is 0.692. The number of carbonyl (C=O) groups is 2. The average molecular weight is 332 g/mol. The lowest BCUT2D eigenvalue weighted by Gasteiger charge is -2.62. The molecule has 3 aliphatic carbocycles. The summed E-state index contributed by atoms with van der Waals surface area (Å²) in [6, 6.07) is 0. The monoisotopic (exact) mass is 332 g/mol. The summed E-state index contributed by atoms with van der Waals surface area (Å²) in [6.45, 7) is 8.24. The third-order valence-electron chi connectivity index (χ3n) is 7.96. The minimum absolute atomic E-state index is 0.0706. The van der Waals surface area contributed by atoms with E-state index < -0.39 is 5.60 Å². The van der Waals surface area contributed by atoms with Crippen molar-refractivity contribution in [2.24, 2.45) is 22.7 Å². The largest absolute Gasteiger partial charge is 0.454 e. The fraction of sp³-hybridized carbons (Fsp3) is 0.800. The second-order valence-corrected chi connectivity index (χ2v) is 9.35. The molecule has 24 heavy (non-hydrogen) atoms. The Hall–Kier alpha value is -1.16. The maximum atomic E-state index is 12.5. The van der Waals surface area contributed by atoms with E-state index in [2.05, 4.69) is 20.8 Å². The van der Waals surface area contributed by atoms with Gasteiger partial charge in [-0.05, 0) is 55.4 Å². The van der Waals surface area contributed by atoms with Crippen molar-refractivity contribution in [3.63, 3.8) is 0 Å². The Bertz CT molecular complexity index is 661. The number of aliphatic hydroxyl groups is 1. The molecule has 4 aliphatic rings. The van der Waals surface area contributed by atoms with Crippen LogP contribution in [0.1, 0.15) is 66.2 Å². The summed E-state index contributed by atoms with van der Waals surface area (Å²) in [4.78, 5) is 24.4. The van der Waals surface area contributed by atoms with E-state index in [1.807, 2.05) is 6.92 Å². The van der Waals surface area contributed by atoms with E-state index in [1.54, 1.807) is 0 Å². The second kappa shape index (κ2) is 4.72. The Morgan fingerprint density at radius 1 is 1.12 bits per heavy atom. The zero-order valence-corrected chi connectivity index (χ0v) is 15.1. The molecule has 4 rings (SSSR count). The first kappa shape index (κ1) is 16.3. The molecule has 0 aromatic heterocycles. The lowest BCUT2D eigenvalue weighted by Crippen LogP contribution is -2.62. The van der Waals surface area contributed by atoms with Gasteiger partial charge >= 0.3 is 5.97 Å². The first-order valence-corrected chi connectivity index (χ1v) is 9.26. The zero-order valence-electron chi connectivity index (χ0n) is 15.1. The lowest BCUT2D eigenvalue weighted by molar-refractivity contribution is -0.195. The summed E-state index contributed by atoms with van der Waals surface area (Å²) in [5.41, 5.74) is 0.541. The van der Waals surface area contributed by atoms with Crippen LogP contribution in [0.3, 0.4) is 0 Å². The first-order valence-electron chi connectivity index (χ1n) is 9.26. The van der Waals surface area contributed by atoms with E-state index in [-0.39, 0.29) is 28.8 Å². The Morgan fingerprint density at radius 2 is 1.83 bits per heavy atom. The maximum Gasteiger partial charge on any atom is 0.334 e. The highest BCUT2D eigenvalue weighted by atomic mass is 16.5. The molecule has 1 N–H and O–H groups in total. The molecule has 132 valence electrons. The Morgan fingerprint density at radius 3 is 2.54 bits per heavy atom. The van der Waals surface area contributed by atoms with Crippen molar-refractivity contribution in [2.75, 3.05) is 0 Å². The fourth-order valence-corrected chi connectivity index (χ4v) is 6.53. The van der Waals surface area contributed by atoms with Crippen LogP contribution in [-0.2, 0) is 14.3 Å². The van der Waals surface area contributed by atoms with E-state index >= 15 is 0 Å². The molecule has 0 spiro atoms. The van der Waals surface area contributed by atoms with Gasteiger partial charge in [-0.3, -0.25) is 4.79 Å². The maximum absolute atomic E-state index is 12.5. The van der Waals surface area contributed by atoms with Gasteiger partial charge in [-0.2, -0.15) is 0 Å². The smallest absolute Gasteiger partial charge is 0.334 e. The molecule has 0 aromatic carbocycles. The molecule has 0 unspecified atom stereocenters. The van der Waals surface area contributed by atoms with Crippen molar-refractivity contribution >= 4 is 11.8 Å². The lowest BCUT2D eigenvalue weighted by atomic mass is 9.43. The molecule has 1 heterocycles. The van der Waals surface area contributed by atoms with Crippen LogP contribution in [-0.4, -0.2) is 28.6 Å². The van der Waals surface area contributed by atoms with Crippen LogP contribution in [0.4, 0.5) is 0 Å². The van der Waals surface area contributed by atoms with Crippen LogP contribution >= 0.6 is 0 Å². The summed E-state index contributed by atoms with van der Waals surface area (Å²) >= 11 is 0. The van der Waals surface area contributed by atoms with Gasteiger partial charge in [0.25, 0.3) is 0 Å². The molecule has 5 atom stereocenters. The van der Waals surface area contributed by atoms with Crippen LogP contribution in [0, 0.1) is 22.7 Å². The number of hydrogen-bond acceptors (Lipinski definition) is 4. The van der Waals surface area contributed by atoms with Gasteiger partial charge in [0.15, 0.2) is 0 Å². The third-order valence-corrected chi connectivity index (χ3v) is 7.96. The average Bonchev–Trinajstić information content (AvgIpc) is 2.77. The second-order valence-electron chi connectivity index (χ2n) is 9.35. The molecule has 4 nitrogen and oxygen atoms in total. The van der Waals surface area contributed by atoms with Gasteiger partial charge in [-0.15, -0.1) is 0 Å². The third kappa shape index (κ3) is 1.89. The van der Waals surface area contributed by atoms with Gasteiger partial charge < -0.3 is 9.84 Å². The number of fused-ring (bicyclic) bond motifs is 4. The molecular formula is C20H28O4. The standard InChI is InChI=1S/C20H28O4/c1-11-12-10-20(23)8-5-14-18(2,3)16(21)6-7-19(14,4)15(20)9-13(12)24-17(11)22/h13-15,23H,5-10H2,1-4H3/t13-,14-,15+,19-,20-/m1/s1. The van der Waals surface area contributed by atoms with Crippen LogP contribution < -0.4 is 0 Å². The van der Waals surface area contributed by atoms with Crippen molar-refractivity contribution in [1.29, 1.82) is 0 Å². The molecule has 3 saturated carbocycles. The normalized spacial score (nSPS) is 47.0. The number of ether oxygens (including phenoxy) is 1. The summed E-state index contributed by atoms with van der Waals surface area (Å²) in [5, 5.41) is 11.5. The summed E-state index contributed by atoms with van der Waals surface area (Å²) < 4.78 is 5.58. The minimum atomic E-state index is -0.761. The number of ketones is 1. The van der Waals surface area contributed by atoms with Gasteiger partial charge in [0.1, 0.15) is 11.9 Å². The summed E-state index contributed by atoms with van der Waals surface area (Å²) in [6.07, 6.45) is 4.12. The minimum Gasteiger partial charge on any atom is -0.454 e. The van der Waals surface area contributed by atoms with Gasteiger partial charge in [0, 0.05) is 23.8 Å². The van der Waals surface area contributed by atoms with Crippen molar-refractivity contribution < 1.29 is 19.4 Å². The molecule has 3 fully saturated rings.